The standard InChI is InChI=1S/C13H21NO3/c1-7-9-11(15)14(10(3)8-2)12(16)17-13(4,5)6/h7-10H,2H2,1,3-6H3/b9-7+/t10-/m0/s1. The highest BCUT2D eigenvalue weighted by Crippen LogP contribution is 2.13. The Kier molecular flexibility index (Phi) is 5.65. The molecule has 0 saturated heterocycles. The lowest BCUT2D eigenvalue weighted by atomic mass is 10.2. The predicted molar refractivity (Wildman–Crippen MR) is 67.6 cm³/mol. The monoisotopic (exact) mass is 239 g/mol. The number of carbonyl (C=O) groups excluding carboxylic acids is 2. The fourth-order valence-electron chi connectivity index (χ4n) is 1.10. The molecule has 0 saturated carbocycles. The van der Waals surface area contributed by atoms with E-state index in [0.29, 0.717) is 0 Å². The van der Waals surface area contributed by atoms with E-state index in [9.17, 15) is 9.59 Å². The van der Waals surface area contributed by atoms with E-state index in [1.807, 2.05) is 0 Å². The summed E-state index contributed by atoms with van der Waals surface area (Å²) >= 11 is 0. The molecule has 0 aliphatic rings. The van der Waals surface area contributed by atoms with Crippen molar-refractivity contribution in [2.75, 3.05) is 0 Å². The quantitative estimate of drug-likeness (QED) is 0.562. The molecule has 2 amide bonds. The van der Waals surface area contributed by atoms with Gasteiger partial charge in [-0.15, -0.1) is 6.58 Å². The largest absolute Gasteiger partial charge is 0.443 e. The molecule has 0 aliphatic carbocycles. The summed E-state index contributed by atoms with van der Waals surface area (Å²) in [6.45, 7) is 12.3. The van der Waals surface area contributed by atoms with Crippen LogP contribution in [-0.2, 0) is 9.53 Å². The van der Waals surface area contributed by atoms with Crippen LogP contribution in [0.4, 0.5) is 4.79 Å². The summed E-state index contributed by atoms with van der Waals surface area (Å²) in [5.74, 6) is -0.408. The molecule has 0 aliphatic heterocycles. The molecule has 4 heteroatoms. The summed E-state index contributed by atoms with van der Waals surface area (Å²) in [4.78, 5) is 24.7. The second-order valence-electron chi connectivity index (χ2n) is 4.66. The number of allylic oxidation sites excluding steroid dienone is 1. The zero-order valence-electron chi connectivity index (χ0n) is 11.2. The zero-order chi connectivity index (χ0) is 13.6. The lowest BCUT2D eigenvalue weighted by Gasteiger charge is -2.28. The molecule has 0 aromatic rings. The third-order valence-electron chi connectivity index (χ3n) is 1.89. The van der Waals surface area contributed by atoms with Crippen molar-refractivity contribution in [1.82, 2.24) is 4.90 Å². The molecule has 0 heterocycles. The Morgan fingerprint density at radius 1 is 1.35 bits per heavy atom. The third-order valence-corrected chi connectivity index (χ3v) is 1.89. The van der Waals surface area contributed by atoms with Crippen molar-refractivity contribution in [2.45, 2.75) is 46.3 Å². The SMILES string of the molecule is C=C[C@H](C)N(C(=O)/C=C/C)C(=O)OC(C)(C)C. The van der Waals surface area contributed by atoms with Crippen molar-refractivity contribution in [3.63, 3.8) is 0 Å². The normalized spacial score (nSPS) is 13.2. The summed E-state index contributed by atoms with van der Waals surface area (Å²) in [6, 6.07) is -0.409. The summed E-state index contributed by atoms with van der Waals surface area (Å²) in [5, 5.41) is 0. The zero-order valence-corrected chi connectivity index (χ0v) is 11.2. The average molecular weight is 239 g/mol. The second kappa shape index (κ2) is 6.23. The first-order chi connectivity index (χ1) is 7.72. The fraction of sp³-hybridized carbons (Fsp3) is 0.538. The minimum Gasteiger partial charge on any atom is -0.443 e. The maximum atomic E-state index is 11.9. The Bertz CT molecular complexity index is 326. The molecular formula is C13H21NO3. The van der Waals surface area contributed by atoms with Crippen LogP contribution in [-0.4, -0.2) is 28.5 Å². The summed E-state index contributed by atoms with van der Waals surface area (Å²) < 4.78 is 5.17. The van der Waals surface area contributed by atoms with Gasteiger partial charge in [0.25, 0.3) is 5.91 Å². The molecule has 17 heavy (non-hydrogen) atoms. The lowest BCUT2D eigenvalue weighted by molar-refractivity contribution is -0.126. The first-order valence-electron chi connectivity index (χ1n) is 5.54. The first kappa shape index (κ1) is 15.4. The Hall–Kier alpha value is -1.58. The Balaban J connectivity index is 4.99. The number of nitrogens with zero attached hydrogens (tertiary/aromatic N) is 1. The molecule has 0 rings (SSSR count). The summed E-state index contributed by atoms with van der Waals surface area (Å²) in [6.07, 6.45) is 3.76. The summed E-state index contributed by atoms with van der Waals surface area (Å²) in [7, 11) is 0. The van der Waals surface area contributed by atoms with Crippen molar-refractivity contribution in [3.05, 3.63) is 24.8 Å². The van der Waals surface area contributed by atoms with E-state index >= 15 is 0 Å². The Morgan fingerprint density at radius 3 is 2.24 bits per heavy atom. The van der Waals surface area contributed by atoms with Crippen LogP contribution in [0.25, 0.3) is 0 Å². The highest BCUT2D eigenvalue weighted by Gasteiger charge is 2.28. The van der Waals surface area contributed by atoms with Gasteiger partial charge in [0.15, 0.2) is 0 Å². The highest BCUT2D eigenvalue weighted by atomic mass is 16.6. The van der Waals surface area contributed by atoms with Crippen molar-refractivity contribution >= 4 is 12.0 Å². The molecule has 0 aromatic carbocycles. The molecule has 0 radical (unpaired) electrons. The van der Waals surface area contributed by atoms with Crippen molar-refractivity contribution in [2.24, 2.45) is 0 Å². The van der Waals surface area contributed by atoms with Gasteiger partial charge in [-0.25, -0.2) is 9.69 Å². The van der Waals surface area contributed by atoms with E-state index in [4.69, 9.17) is 4.74 Å². The number of imide groups is 1. The fourth-order valence-corrected chi connectivity index (χ4v) is 1.10. The third kappa shape index (κ3) is 5.33. The van der Waals surface area contributed by atoms with Crippen LogP contribution in [0.3, 0.4) is 0 Å². The van der Waals surface area contributed by atoms with E-state index in [2.05, 4.69) is 6.58 Å². The van der Waals surface area contributed by atoms with Gasteiger partial charge in [0.1, 0.15) is 5.60 Å². The Labute approximate surface area is 103 Å². The van der Waals surface area contributed by atoms with Gasteiger partial charge in [-0.1, -0.05) is 12.2 Å². The predicted octanol–water partition coefficient (Wildman–Crippen LogP) is 2.90. The lowest BCUT2D eigenvalue weighted by Crippen LogP contribution is -2.44. The van der Waals surface area contributed by atoms with Crippen molar-refractivity contribution < 1.29 is 14.3 Å². The van der Waals surface area contributed by atoms with Crippen LogP contribution in [0.2, 0.25) is 0 Å². The van der Waals surface area contributed by atoms with Gasteiger partial charge < -0.3 is 4.74 Å². The van der Waals surface area contributed by atoms with Crippen LogP contribution >= 0.6 is 0 Å². The van der Waals surface area contributed by atoms with Gasteiger partial charge in [0.2, 0.25) is 0 Å². The molecule has 0 bridgehead atoms. The van der Waals surface area contributed by atoms with Crippen LogP contribution in [0.15, 0.2) is 24.8 Å². The number of ether oxygens (including phenoxy) is 1. The second-order valence-corrected chi connectivity index (χ2v) is 4.66. The number of amides is 2. The van der Waals surface area contributed by atoms with Gasteiger partial charge in [-0.3, -0.25) is 4.79 Å². The molecule has 96 valence electrons. The number of hydrogen-bond donors (Lipinski definition) is 0. The topological polar surface area (TPSA) is 46.6 Å². The van der Waals surface area contributed by atoms with Gasteiger partial charge in [-0.05, 0) is 40.7 Å². The van der Waals surface area contributed by atoms with E-state index < -0.39 is 23.6 Å². The van der Waals surface area contributed by atoms with E-state index in [1.165, 1.54) is 12.2 Å². The average Bonchev–Trinajstić information content (AvgIpc) is 2.15. The smallest absolute Gasteiger partial charge is 0.417 e. The van der Waals surface area contributed by atoms with Crippen LogP contribution < -0.4 is 0 Å². The van der Waals surface area contributed by atoms with Gasteiger partial charge >= 0.3 is 6.09 Å². The molecule has 1 atom stereocenters. The molecule has 0 aromatic heterocycles. The van der Waals surface area contributed by atoms with E-state index in [-0.39, 0.29) is 0 Å². The van der Waals surface area contributed by atoms with Crippen LogP contribution in [0.1, 0.15) is 34.6 Å². The minimum atomic E-state index is -0.659. The van der Waals surface area contributed by atoms with E-state index in [0.717, 1.165) is 4.90 Å². The van der Waals surface area contributed by atoms with Gasteiger partial charge in [-0.2, -0.15) is 0 Å². The van der Waals surface area contributed by atoms with Crippen LogP contribution in [0, 0.1) is 0 Å². The number of carbonyl (C=O) groups is 2. The molecular weight excluding hydrogens is 218 g/mol. The molecule has 0 spiro atoms. The first-order valence-corrected chi connectivity index (χ1v) is 5.54. The maximum Gasteiger partial charge on any atom is 0.417 e. The van der Waals surface area contributed by atoms with E-state index in [1.54, 1.807) is 40.7 Å². The number of hydrogen-bond acceptors (Lipinski definition) is 3. The molecule has 0 N–H and O–H groups in total. The highest BCUT2D eigenvalue weighted by molar-refractivity contribution is 5.99. The summed E-state index contributed by atoms with van der Waals surface area (Å²) in [5.41, 5.74) is -0.633. The molecule has 4 nitrogen and oxygen atoms in total. The van der Waals surface area contributed by atoms with Crippen molar-refractivity contribution in [1.29, 1.82) is 0 Å². The maximum absolute atomic E-state index is 11.9. The van der Waals surface area contributed by atoms with Gasteiger partial charge in [0, 0.05) is 0 Å². The molecule has 0 unspecified atom stereocenters. The van der Waals surface area contributed by atoms with Crippen LogP contribution in [0.5, 0.6) is 0 Å². The van der Waals surface area contributed by atoms with Crippen molar-refractivity contribution in [3.8, 4) is 0 Å². The van der Waals surface area contributed by atoms with Gasteiger partial charge in [0.05, 0.1) is 6.04 Å². The minimum absolute atomic E-state index is 0.408. The molecule has 0 fully saturated rings. The Morgan fingerprint density at radius 2 is 1.88 bits per heavy atom. The number of rotatable bonds is 3.